The van der Waals surface area contributed by atoms with Crippen LogP contribution in [0.25, 0.3) is 0 Å². The molecule has 0 aromatic carbocycles. The van der Waals surface area contributed by atoms with Gasteiger partial charge in [0.25, 0.3) is 0 Å². The second-order valence-electron chi connectivity index (χ2n) is 4.92. The van der Waals surface area contributed by atoms with E-state index in [1.54, 1.807) is 0 Å². The minimum absolute atomic E-state index is 0.00426. The first-order valence-corrected chi connectivity index (χ1v) is 5.96. The lowest BCUT2D eigenvalue weighted by Gasteiger charge is -2.41. The summed E-state index contributed by atoms with van der Waals surface area (Å²) >= 11 is 0. The van der Waals surface area contributed by atoms with E-state index in [2.05, 4.69) is 5.32 Å². The van der Waals surface area contributed by atoms with Gasteiger partial charge < -0.3 is 16.0 Å². The maximum Gasteiger partial charge on any atom is 0.312 e. The average molecular weight is 225 g/mol. The van der Waals surface area contributed by atoms with Gasteiger partial charge in [-0.15, -0.1) is 0 Å². The summed E-state index contributed by atoms with van der Waals surface area (Å²) in [5, 5.41) is 2.36. The van der Waals surface area contributed by atoms with E-state index in [-0.39, 0.29) is 12.5 Å². The fourth-order valence-corrected chi connectivity index (χ4v) is 2.91. The van der Waals surface area contributed by atoms with Gasteiger partial charge in [-0.1, -0.05) is 6.42 Å². The molecule has 16 heavy (non-hydrogen) atoms. The molecule has 2 fully saturated rings. The Morgan fingerprint density at radius 1 is 1.25 bits per heavy atom. The van der Waals surface area contributed by atoms with Crippen LogP contribution >= 0.6 is 0 Å². The van der Waals surface area contributed by atoms with Crippen LogP contribution in [0.5, 0.6) is 0 Å². The monoisotopic (exact) mass is 225 g/mol. The van der Waals surface area contributed by atoms with Gasteiger partial charge in [0.2, 0.25) is 5.91 Å². The van der Waals surface area contributed by atoms with Gasteiger partial charge in [-0.2, -0.15) is 0 Å². The SMILES string of the molecule is NC(=O)NCC(=O)N1C[C@H]2CCC[C@@H](C2)C1. The molecule has 0 aromatic heterocycles. The van der Waals surface area contributed by atoms with Gasteiger partial charge in [0.1, 0.15) is 0 Å². The van der Waals surface area contributed by atoms with Crippen LogP contribution in [0, 0.1) is 11.8 Å². The molecule has 3 N–H and O–H groups in total. The zero-order valence-corrected chi connectivity index (χ0v) is 9.45. The number of hydrogen-bond acceptors (Lipinski definition) is 2. The number of nitrogens with two attached hydrogens (primary N) is 1. The number of nitrogens with zero attached hydrogens (tertiary/aromatic N) is 1. The smallest absolute Gasteiger partial charge is 0.312 e. The molecule has 2 bridgehead atoms. The number of fused-ring (bicyclic) bond motifs is 2. The van der Waals surface area contributed by atoms with Gasteiger partial charge in [0.05, 0.1) is 6.54 Å². The second-order valence-corrected chi connectivity index (χ2v) is 4.92. The topological polar surface area (TPSA) is 75.4 Å². The summed E-state index contributed by atoms with van der Waals surface area (Å²) in [6, 6.07) is -0.634. The number of primary amides is 1. The Morgan fingerprint density at radius 2 is 1.88 bits per heavy atom. The van der Waals surface area contributed by atoms with Crippen molar-refractivity contribution < 1.29 is 9.59 Å². The van der Waals surface area contributed by atoms with Crippen molar-refractivity contribution in [2.45, 2.75) is 25.7 Å². The Labute approximate surface area is 95.3 Å². The van der Waals surface area contributed by atoms with Crippen molar-refractivity contribution in [3.8, 4) is 0 Å². The van der Waals surface area contributed by atoms with Crippen LogP contribution in [0.15, 0.2) is 0 Å². The number of hydrogen-bond donors (Lipinski definition) is 2. The molecule has 0 unspecified atom stereocenters. The highest BCUT2D eigenvalue weighted by Gasteiger charge is 2.32. The summed E-state index contributed by atoms with van der Waals surface area (Å²) in [6.07, 6.45) is 5.05. The number of likely N-dealkylation sites (tertiary alicyclic amines) is 1. The van der Waals surface area contributed by atoms with Crippen LogP contribution in [-0.4, -0.2) is 36.5 Å². The molecule has 5 nitrogen and oxygen atoms in total. The third-order valence-corrected chi connectivity index (χ3v) is 3.62. The Balaban J connectivity index is 1.85. The normalized spacial score (nSPS) is 28.6. The van der Waals surface area contributed by atoms with Crippen LogP contribution in [0.1, 0.15) is 25.7 Å². The largest absolute Gasteiger partial charge is 0.352 e. The molecule has 2 atom stereocenters. The molecule has 1 saturated heterocycles. The zero-order valence-electron chi connectivity index (χ0n) is 9.45. The number of nitrogens with one attached hydrogen (secondary N) is 1. The molecule has 1 aliphatic heterocycles. The van der Waals surface area contributed by atoms with E-state index in [0.717, 1.165) is 13.1 Å². The molecular formula is C11H19N3O2. The van der Waals surface area contributed by atoms with Gasteiger partial charge in [0.15, 0.2) is 0 Å². The minimum atomic E-state index is -0.634. The van der Waals surface area contributed by atoms with Crippen LogP contribution in [0.3, 0.4) is 0 Å². The zero-order chi connectivity index (χ0) is 11.5. The number of amides is 3. The van der Waals surface area contributed by atoms with Crippen molar-refractivity contribution in [3.05, 3.63) is 0 Å². The van der Waals surface area contributed by atoms with Crippen molar-refractivity contribution >= 4 is 11.9 Å². The standard InChI is InChI=1S/C11H19N3O2/c12-11(16)13-5-10(15)14-6-8-2-1-3-9(4-8)7-14/h8-9H,1-7H2,(H3,12,13,16)/t8-,9-/m0/s1. The first-order valence-electron chi connectivity index (χ1n) is 5.96. The van der Waals surface area contributed by atoms with E-state index in [1.807, 2.05) is 4.90 Å². The summed E-state index contributed by atoms with van der Waals surface area (Å²) in [5.74, 6) is 1.34. The quantitative estimate of drug-likeness (QED) is 0.709. The lowest BCUT2D eigenvalue weighted by Crippen LogP contribution is -2.49. The Morgan fingerprint density at radius 3 is 2.44 bits per heavy atom. The van der Waals surface area contributed by atoms with E-state index in [1.165, 1.54) is 25.7 Å². The van der Waals surface area contributed by atoms with E-state index in [0.29, 0.717) is 11.8 Å². The van der Waals surface area contributed by atoms with E-state index in [9.17, 15) is 9.59 Å². The maximum atomic E-state index is 11.8. The van der Waals surface area contributed by atoms with Gasteiger partial charge in [-0.05, 0) is 31.1 Å². The van der Waals surface area contributed by atoms with Crippen LogP contribution in [-0.2, 0) is 4.79 Å². The molecular weight excluding hydrogens is 206 g/mol. The molecule has 2 aliphatic rings. The van der Waals surface area contributed by atoms with Crippen molar-refractivity contribution in [2.24, 2.45) is 17.6 Å². The number of rotatable bonds is 2. The van der Waals surface area contributed by atoms with Crippen molar-refractivity contribution in [2.75, 3.05) is 19.6 Å². The van der Waals surface area contributed by atoms with Crippen molar-refractivity contribution in [1.82, 2.24) is 10.2 Å². The minimum Gasteiger partial charge on any atom is -0.352 e. The van der Waals surface area contributed by atoms with Gasteiger partial charge >= 0.3 is 6.03 Å². The highest BCUT2D eigenvalue weighted by atomic mass is 16.2. The van der Waals surface area contributed by atoms with E-state index in [4.69, 9.17) is 5.73 Å². The molecule has 90 valence electrons. The Kier molecular flexibility index (Phi) is 3.31. The predicted octanol–water partition coefficient (Wildman–Crippen LogP) is 0.303. The third-order valence-electron chi connectivity index (χ3n) is 3.62. The number of carbonyl (C=O) groups excluding carboxylic acids is 2. The Bertz CT molecular complexity index is 281. The summed E-state index contributed by atoms with van der Waals surface area (Å²) in [6.45, 7) is 1.75. The van der Waals surface area contributed by atoms with E-state index < -0.39 is 6.03 Å². The summed E-state index contributed by atoms with van der Waals surface area (Å²) in [5.41, 5.74) is 4.94. The van der Waals surface area contributed by atoms with Crippen molar-refractivity contribution in [3.63, 3.8) is 0 Å². The molecule has 0 radical (unpaired) electrons. The second kappa shape index (κ2) is 4.72. The molecule has 5 heteroatoms. The molecule has 1 aliphatic carbocycles. The van der Waals surface area contributed by atoms with Crippen LogP contribution < -0.4 is 11.1 Å². The fourth-order valence-electron chi connectivity index (χ4n) is 2.91. The highest BCUT2D eigenvalue weighted by Crippen LogP contribution is 2.34. The molecule has 1 heterocycles. The molecule has 0 aromatic rings. The fraction of sp³-hybridized carbons (Fsp3) is 0.818. The lowest BCUT2D eigenvalue weighted by molar-refractivity contribution is -0.133. The molecule has 0 spiro atoms. The van der Waals surface area contributed by atoms with Gasteiger partial charge in [-0.25, -0.2) is 4.79 Å². The van der Waals surface area contributed by atoms with E-state index >= 15 is 0 Å². The number of piperidine rings is 1. The van der Waals surface area contributed by atoms with Crippen LogP contribution in [0.4, 0.5) is 4.79 Å². The summed E-state index contributed by atoms with van der Waals surface area (Å²) in [4.78, 5) is 24.2. The summed E-state index contributed by atoms with van der Waals surface area (Å²) < 4.78 is 0. The number of carbonyl (C=O) groups is 2. The van der Waals surface area contributed by atoms with Gasteiger partial charge in [0, 0.05) is 13.1 Å². The summed E-state index contributed by atoms with van der Waals surface area (Å²) in [7, 11) is 0. The first kappa shape index (κ1) is 11.2. The van der Waals surface area contributed by atoms with Crippen LogP contribution in [0.2, 0.25) is 0 Å². The maximum absolute atomic E-state index is 11.8. The highest BCUT2D eigenvalue weighted by molar-refractivity contribution is 5.83. The molecule has 3 amide bonds. The third kappa shape index (κ3) is 2.65. The lowest BCUT2D eigenvalue weighted by atomic mass is 9.78. The number of urea groups is 1. The van der Waals surface area contributed by atoms with Gasteiger partial charge in [-0.3, -0.25) is 4.79 Å². The average Bonchev–Trinajstić information content (AvgIpc) is 2.25. The molecule has 2 rings (SSSR count). The van der Waals surface area contributed by atoms with Crippen molar-refractivity contribution in [1.29, 1.82) is 0 Å². The molecule has 1 saturated carbocycles. The predicted molar refractivity (Wildman–Crippen MR) is 59.6 cm³/mol. The first-order chi connectivity index (χ1) is 7.65. The Hall–Kier alpha value is -1.26.